The second-order valence-electron chi connectivity index (χ2n) is 6.05. The lowest BCUT2D eigenvalue weighted by Crippen LogP contribution is -2.57. The van der Waals surface area contributed by atoms with Crippen LogP contribution >= 0.6 is 0 Å². The van der Waals surface area contributed by atoms with Crippen LogP contribution in [0.1, 0.15) is 58.8 Å². The molecule has 1 aliphatic heterocycles. The Hall–Kier alpha value is -0.0400. The van der Waals surface area contributed by atoms with Crippen LogP contribution in [0, 0.1) is 17.3 Å². The van der Waals surface area contributed by atoms with E-state index in [0.29, 0.717) is 5.41 Å². The van der Waals surface area contributed by atoms with E-state index in [9.17, 15) is 0 Å². The molecule has 15 heavy (non-hydrogen) atoms. The predicted octanol–water partition coefficient (Wildman–Crippen LogP) is 3.59. The third kappa shape index (κ3) is 2.38. The molecule has 0 aromatic heterocycles. The largest absolute Gasteiger partial charge is 0.316 e. The maximum atomic E-state index is 3.53. The van der Waals surface area contributed by atoms with Crippen LogP contribution in [-0.2, 0) is 0 Å². The van der Waals surface area contributed by atoms with Gasteiger partial charge in [0.1, 0.15) is 0 Å². The monoisotopic (exact) mass is 209 g/mol. The molecule has 1 N–H and O–H groups in total. The molecule has 1 atom stereocenters. The van der Waals surface area contributed by atoms with Gasteiger partial charge in [0.25, 0.3) is 0 Å². The second kappa shape index (κ2) is 4.86. The minimum absolute atomic E-state index is 0.713. The number of hydrogen-bond acceptors (Lipinski definition) is 1. The summed E-state index contributed by atoms with van der Waals surface area (Å²) in [5.74, 6) is 2.00. The average molecular weight is 209 g/mol. The van der Waals surface area contributed by atoms with Crippen molar-refractivity contribution in [1.29, 1.82) is 0 Å². The highest BCUT2D eigenvalue weighted by atomic mass is 15.0. The van der Waals surface area contributed by atoms with E-state index in [1.165, 1.54) is 58.0 Å². The standard InChI is InChI=1S/C14H27N/c1-3-6-12(2)9-14(10-15-11-14)13-7-4-5-8-13/h12-13,15H,3-11H2,1-2H3. The van der Waals surface area contributed by atoms with Crippen LogP contribution < -0.4 is 5.32 Å². The van der Waals surface area contributed by atoms with Crippen molar-refractivity contribution in [3.63, 3.8) is 0 Å². The normalized spacial score (nSPS) is 27.6. The molecule has 2 aliphatic rings. The Bertz CT molecular complexity index is 190. The van der Waals surface area contributed by atoms with E-state index in [1.807, 2.05) is 0 Å². The molecule has 0 spiro atoms. The zero-order valence-corrected chi connectivity index (χ0v) is 10.5. The van der Waals surface area contributed by atoms with E-state index in [0.717, 1.165) is 11.8 Å². The van der Waals surface area contributed by atoms with Gasteiger partial charge in [-0.05, 0) is 36.5 Å². The molecule has 1 heterocycles. The molecular weight excluding hydrogens is 182 g/mol. The Kier molecular flexibility index (Phi) is 3.71. The average Bonchev–Trinajstić information content (AvgIpc) is 2.64. The van der Waals surface area contributed by atoms with Gasteiger partial charge in [-0.2, -0.15) is 0 Å². The molecule has 88 valence electrons. The van der Waals surface area contributed by atoms with Crippen molar-refractivity contribution in [2.75, 3.05) is 13.1 Å². The summed E-state index contributed by atoms with van der Waals surface area (Å²) in [5, 5.41) is 3.53. The van der Waals surface area contributed by atoms with Gasteiger partial charge >= 0.3 is 0 Å². The fourth-order valence-corrected chi connectivity index (χ4v) is 3.87. The molecule has 2 rings (SSSR count). The lowest BCUT2D eigenvalue weighted by molar-refractivity contribution is 0.0505. The van der Waals surface area contributed by atoms with Crippen LogP contribution in [0.2, 0.25) is 0 Å². The molecule has 2 fully saturated rings. The summed E-state index contributed by atoms with van der Waals surface area (Å²) in [7, 11) is 0. The highest BCUT2D eigenvalue weighted by Gasteiger charge is 2.45. The highest BCUT2D eigenvalue weighted by Crippen LogP contribution is 2.46. The maximum Gasteiger partial charge on any atom is 0.00230 e. The third-order valence-electron chi connectivity index (χ3n) is 4.71. The molecule has 0 bridgehead atoms. The third-order valence-corrected chi connectivity index (χ3v) is 4.71. The lowest BCUT2D eigenvalue weighted by Gasteiger charge is -2.49. The van der Waals surface area contributed by atoms with Crippen molar-refractivity contribution >= 4 is 0 Å². The van der Waals surface area contributed by atoms with Crippen LogP contribution in [-0.4, -0.2) is 13.1 Å². The van der Waals surface area contributed by atoms with Crippen LogP contribution in [0.4, 0.5) is 0 Å². The van der Waals surface area contributed by atoms with Gasteiger partial charge < -0.3 is 5.32 Å². The van der Waals surface area contributed by atoms with Crippen molar-refractivity contribution < 1.29 is 0 Å². The van der Waals surface area contributed by atoms with Gasteiger partial charge in [0, 0.05) is 13.1 Å². The molecule has 1 saturated carbocycles. The minimum atomic E-state index is 0.713. The molecule has 1 unspecified atom stereocenters. The summed E-state index contributed by atoms with van der Waals surface area (Å²) in [6.45, 7) is 7.40. The summed E-state index contributed by atoms with van der Waals surface area (Å²) >= 11 is 0. The van der Waals surface area contributed by atoms with Crippen LogP contribution in [0.5, 0.6) is 0 Å². The van der Waals surface area contributed by atoms with E-state index in [4.69, 9.17) is 0 Å². The zero-order valence-electron chi connectivity index (χ0n) is 10.5. The zero-order chi connectivity index (χ0) is 10.7. The molecule has 1 heteroatoms. The summed E-state index contributed by atoms with van der Waals surface area (Å²) in [4.78, 5) is 0. The quantitative estimate of drug-likeness (QED) is 0.729. The van der Waals surface area contributed by atoms with Gasteiger partial charge in [0.05, 0.1) is 0 Å². The summed E-state index contributed by atoms with van der Waals surface area (Å²) in [5.41, 5.74) is 0.713. The van der Waals surface area contributed by atoms with Gasteiger partial charge in [-0.1, -0.05) is 39.5 Å². The van der Waals surface area contributed by atoms with E-state index in [-0.39, 0.29) is 0 Å². The van der Waals surface area contributed by atoms with Gasteiger partial charge in [0.2, 0.25) is 0 Å². The van der Waals surface area contributed by atoms with Crippen molar-refractivity contribution in [2.24, 2.45) is 17.3 Å². The number of rotatable bonds is 5. The Labute approximate surface area is 95.0 Å². The van der Waals surface area contributed by atoms with Crippen molar-refractivity contribution in [1.82, 2.24) is 5.32 Å². The van der Waals surface area contributed by atoms with Crippen LogP contribution in [0.3, 0.4) is 0 Å². The van der Waals surface area contributed by atoms with Gasteiger partial charge in [-0.15, -0.1) is 0 Å². The molecule has 0 aromatic carbocycles. The lowest BCUT2D eigenvalue weighted by atomic mass is 9.65. The molecule has 0 amide bonds. The molecule has 1 saturated heterocycles. The molecule has 0 aromatic rings. The minimum Gasteiger partial charge on any atom is -0.316 e. The van der Waals surface area contributed by atoms with Crippen molar-refractivity contribution in [2.45, 2.75) is 58.8 Å². The summed E-state index contributed by atoms with van der Waals surface area (Å²) < 4.78 is 0. The first-order valence-corrected chi connectivity index (χ1v) is 6.97. The van der Waals surface area contributed by atoms with E-state index in [1.54, 1.807) is 0 Å². The topological polar surface area (TPSA) is 12.0 Å². The Morgan fingerprint density at radius 3 is 2.40 bits per heavy atom. The Morgan fingerprint density at radius 2 is 1.93 bits per heavy atom. The van der Waals surface area contributed by atoms with Crippen molar-refractivity contribution in [3.05, 3.63) is 0 Å². The first-order chi connectivity index (χ1) is 7.27. The Morgan fingerprint density at radius 1 is 1.27 bits per heavy atom. The fourth-order valence-electron chi connectivity index (χ4n) is 3.87. The molecule has 0 radical (unpaired) electrons. The van der Waals surface area contributed by atoms with Crippen LogP contribution in [0.25, 0.3) is 0 Å². The predicted molar refractivity (Wildman–Crippen MR) is 65.9 cm³/mol. The smallest absolute Gasteiger partial charge is 0.00230 e. The second-order valence-corrected chi connectivity index (χ2v) is 6.05. The van der Waals surface area contributed by atoms with Crippen LogP contribution in [0.15, 0.2) is 0 Å². The fraction of sp³-hybridized carbons (Fsp3) is 1.00. The number of nitrogens with one attached hydrogen (secondary N) is 1. The molecule has 1 aliphatic carbocycles. The van der Waals surface area contributed by atoms with Crippen molar-refractivity contribution in [3.8, 4) is 0 Å². The first kappa shape index (κ1) is 11.4. The summed E-state index contributed by atoms with van der Waals surface area (Å²) in [6.07, 6.45) is 10.3. The van der Waals surface area contributed by atoms with Gasteiger partial charge in [0.15, 0.2) is 0 Å². The number of hydrogen-bond donors (Lipinski definition) is 1. The molecule has 1 nitrogen and oxygen atoms in total. The molecular formula is C14H27N. The maximum absolute atomic E-state index is 3.53. The Balaban J connectivity index is 1.89. The van der Waals surface area contributed by atoms with E-state index < -0.39 is 0 Å². The highest BCUT2D eigenvalue weighted by molar-refractivity contribution is 4.99. The van der Waals surface area contributed by atoms with E-state index in [2.05, 4.69) is 19.2 Å². The van der Waals surface area contributed by atoms with Gasteiger partial charge in [-0.25, -0.2) is 0 Å². The van der Waals surface area contributed by atoms with Gasteiger partial charge in [-0.3, -0.25) is 0 Å². The SMILES string of the molecule is CCCC(C)CC1(C2CCCC2)CNC1. The first-order valence-electron chi connectivity index (χ1n) is 6.97. The summed E-state index contributed by atoms with van der Waals surface area (Å²) in [6, 6.07) is 0. The van der Waals surface area contributed by atoms with E-state index >= 15 is 0 Å².